The lowest BCUT2D eigenvalue weighted by Crippen LogP contribution is -2.27. The van der Waals surface area contributed by atoms with E-state index in [-0.39, 0.29) is 15.7 Å². The van der Waals surface area contributed by atoms with Gasteiger partial charge in [0.25, 0.3) is 11.1 Å². The highest BCUT2D eigenvalue weighted by atomic mass is 32.2. The number of carboxylic acid groups (broad SMARTS) is 1. The van der Waals surface area contributed by atoms with E-state index in [2.05, 4.69) is 0 Å². The molecule has 2 aromatic carbocycles. The Hall–Kier alpha value is -3.06. The number of carboxylic acids is 1. The van der Waals surface area contributed by atoms with E-state index in [1.54, 1.807) is 42.5 Å². The molecular formula is C19H15NO5S. The summed E-state index contributed by atoms with van der Waals surface area (Å²) < 4.78 is 5.36. The van der Waals surface area contributed by atoms with Gasteiger partial charge in [-0.05, 0) is 66.7 Å². The maximum absolute atomic E-state index is 12.6. The van der Waals surface area contributed by atoms with Crippen LogP contribution in [0.2, 0.25) is 0 Å². The van der Waals surface area contributed by atoms with Crippen LogP contribution in [0.4, 0.5) is 10.5 Å². The van der Waals surface area contributed by atoms with Gasteiger partial charge in [0.05, 0.1) is 22.8 Å². The molecule has 1 saturated heterocycles. The molecule has 0 radical (unpaired) electrons. The highest BCUT2D eigenvalue weighted by molar-refractivity contribution is 8.19. The molecule has 1 aliphatic rings. The lowest BCUT2D eigenvalue weighted by atomic mass is 10.1. The van der Waals surface area contributed by atoms with Crippen LogP contribution in [0.15, 0.2) is 53.4 Å². The first kappa shape index (κ1) is 17.8. The molecule has 0 aliphatic carbocycles. The number of imide groups is 1. The second-order valence-corrected chi connectivity index (χ2v) is 6.36. The molecule has 0 aromatic heterocycles. The minimum atomic E-state index is -1.02. The van der Waals surface area contributed by atoms with Crippen LogP contribution in [-0.2, 0) is 4.79 Å². The van der Waals surface area contributed by atoms with Crippen LogP contribution < -0.4 is 9.64 Å². The molecule has 1 aliphatic heterocycles. The van der Waals surface area contributed by atoms with Crippen LogP contribution in [0.3, 0.4) is 0 Å². The summed E-state index contributed by atoms with van der Waals surface area (Å²) in [5, 5.41) is 8.53. The summed E-state index contributed by atoms with van der Waals surface area (Å²) in [5.74, 6) is -0.767. The van der Waals surface area contributed by atoms with Crippen molar-refractivity contribution in [2.24, 2.45) is 0 Å². The summed E-state index contributed by atoms with van der Waals surface area (Å²) in [4.78, 5) is 37.1. The summed E-state index contributed by atoms with van der Waals surface area (Å²) >= 11 is 0.847. The van der Waals surface area contributed by atoms with Gasteiger partial charge in [0.1, 0.15) is 5.75 Å². The van der Waals surface area contributed by atoms with Gasteiger partial charge < -0.3 is 9.84 Å². The molecule has 3 rings (SSSR count). The first-order chi connectivity index (χ1) is 12.5. The number of anilines is 1. The molecule has 0 saturated carbocycles. The van der Waals surface area contributed by atoms with Gasteiger partial charge in [0.2, 0.25) is 0 Å². The van der Waals surface area contributed by atoms with Gasteiger partial charge >= 0.3 is 5.97 Å². The molecule has 1 N–H and O–H groups in total. The SMILES string of the molecule is CCOc1ccc(N2C(=O)S/C(=C\c3ccc(C(=O)O)cc3)C2=O)cc1. The van der Waals surface area contributed by atoms with E-state index in [1.165, 1.54) is 12.1 Å². The second-order valence-electron chi connectivity index (χ2n) is 5.37. The van der Waals surface area contributed by atoms with Crippen LogP contribution in [0.5, 0.6) is 5.75 Å². The molecule has 26 heavy (non-hydrogen) atoms. The summed E-state index contributed by atoms with van der Waals surface area (Å²) in [7, 11) is 0. The van der Waals surface area contributed by atoms with Crippen molar-refractivity contribution in [1.29, 1.82) is 0 Å². The van der Waals surface area contributed by atoms with Crippen molar-refractivity contribution < 1.29 is 24.2 Å². The molecule has 6 nitrogen and oxygen atoms in total. The zero-order valence-electron chi connectivity index (χ0n) is 13.8. The molecule has 1 fully saturated rings. The Kier molecular flexibility index (Phi) is 5.09. The van der Waals surface area contributed by atoms with Gasteiger partial charge in [-0.1, -0.05) is 12.1 Å². The Labute approximate surface area is 154 Å². The van der Waals surface area contributed by atoms with Crippen molar-refractivity contribution in [3.8, 4) is 5.75 Å². The summed E-state index contributed by atoms with van der Waals surface area (Å²) in [6.45, 7) is 2.41. The summed E-state index contributed by atoms with van der Waals surface area (Å²) in [6.07, 6.45) is 1.57. The van der Waals surface area contributed by atoms with E-state index in [1.807, 2.05) is 6.92 Å². The lowest BCUT2D eigenvalue weighted by molar-refractivity contribution is -0.113. The quantitative estimate of drug-likeness (QED) is 0.801. The predicted octanol–water partition coefficient (Wildman–Crippen LogP) is 4.02. The van der Waals surface area contributed by atoms with Gasteiger partial charge in [-0.25, -0.2) is 9.69 Å². The number of aromatic carboxylic acids is 1. The number of thioether (sulfide) groups is 1. The average molecular weight is 369 g/mol. The third-order valence-corrected chi connectivity index (χ3v) is 4.52. The van der Waals surface area contributed by atoms with Crippen molar-refractivity contribution in [3.63, 3.8) is 0 Å². The minimum absolute atomic E-state index is 0.157. The van der Waals surface area contributed by atoms with Gasteiger partial charge in [0.15, 0.2) is 0 Å². The molecule has 1 heterocycles. The Bertz CT molecular complexity index is 887. The Morgan fingerprint density at radius 3 is 2.35 bits per heavy atom. The molecule has 0 atom stereocenters. The highest BCUT2D eigenvalue weighted by Gasteiger charge is 2.36. The van der Waals surface area contributed by atoms with Gasteiger partial charge in [-0.2, -0.15) is 0 Å². The summed E-state index contributed by atoms with van der Waals surface area (Å²) in [5.41, 5.74) is 1.28. The van der Waals surface area contributed by atoms with E-state index in [9.17, 15) is 14.4 Å². The largest absolute Gasteiger partial charge is 0.494 e. The number of hydrogen-bond donors (Lipinski definition) is 1. The Morgan fingerprint density at radius 2 is 1.77 bits per heavy atom. The number of carbonyl (C=O) groups is 3. The first-order valence-corrected chi connectivity index (χ1v) is 8.65. The van der Waals surface area contributed by atoms with Crippen LogP contribution in [0, 0.1) is 0 Å². The van der Waals surface area contributed by atoms with E-state index in [0.29, 0.717) is 23.6 Å². The maximum atomic E-state index is 12.6. The molecule has 0 bridgehead atoms. The standard InChI is InChI=1S/C19H15NO5S/c1-2-25-15-9-7-14(8-10-15)20-17(21)16(26-19(20)24)11-12-3-5-13(6-4-12)18(22)23/h3-11H,2H2,1H3,(H,22,23)/b16-11-. The van der Waals surface area contributed by atoms with E-state index in [4.69, 9.17) is 9.84 Å². The zero-order chi connectivity index (χ0) is 18.7. The van der Waals surface area contributed by atoms with Gasteiger partial charge in [-0.15, -0.1) is 0 Å². The fourth-order valence-corrected chi connectivity index (χ4v) is 3.26. The maximum Gasteiger partial charge on any atom is 0.335 e. The third kappa shape index (κ3) is 3.62. The highest BCUT2D eigenvalue weighted by Crippen LogP contribution is 2.36. The molecule has 0 spiro atoms. The van der Waals surface area contributed by atoms with Crippen molar-refractivity contribution in [2.45, 2.75) is 6.92 Å². The van der Waals surface area contributed by atoms with Crippen LogP contribution in [-0.4, -0.2) is 28.8 Å². The van der Waals surface area contributed by atoms with Crippen LogP contribution >= 0.6 is 11.8 Å². The Balaban J connectivity index is 1.82. The number of amides is 2. The van der Waals surface area contributed by atoms with E-state index < -0.39 is 11.9 Å². The second kappa shape index (κ2) is 7.45. The average Bonchev–Trinajstić information content (AvgIpc) is 2.90. The van der Waals surface area contributed by atoms with Crippen LogP contribution in [0.1, 0.15) is 22.8 Å². The molecular weight excluding hydrogens is 354 g/mol. The van der Waals surface area contributed by atoms with Crippen molar-refractivity contribution in [2.75, 3.05) is 11.5 Å². The number of hydrogen-bond acceptors (Lipinski definition) is 5. The number of ether oxygens (including phenoxy) is 1. The molecule has 2 amide bonds. The zero-order valence-corrected chi connectivity index (χ0v) is 14.7. The fourth-order valence-electron chi connectivity index (χ4n) is 2.42. The Morgan fingerprint density at radius 1 is 1.12 bits per heavy atom. The third-order valence-electron chi connectivity index (χ3n) is 3.66. The van der Waals surface area contributed by atoms with Crippen molar-refractivity contribution >= 4 is 40.6 Å². The lowest BCUT2D eigenvalue weighted by Gasteiger charge is -2.13. The van der Waals surface area contributed by atoms with Crippen LogP contribution in [0.25, 0.3) is 6.08 Å². The molecule has 0 unspecified atom stereocenters. The topological polar surface area (TPSA) is 83.9 Å². The summed E-state index contributed by atoms with van der Waals surface area (Å²) in [6, 6.07) is 12.8. The smallest absolute Gasteiger partial charge is 0.335 e. The monoisotopic (exact) mass is 369 g/mol. The van der Waals surface area contributed by atoms with E-state index in [0.717, 1.165) is 16.7 Å². The van der Waals surface area contributed by atoms with Gasteiger partial charge in [0, 0.05) is 0 Å². The van der Waals surface area contributed by atoms with Gasteiger partial charge in [-0.3, -0.25) is 9.59 Å². The molecule has 132 valence electrons. The van der Waals surface area contributed by atoms with Crippen molar-refractivity contribution in [3.05, 3.63) is 64.6 Å². The van der Waals surface area contributed by atoms with Crippen molar-refractivity contribution in [1.82, 2.24) is 0 Å². The molecule has 2 aromatic rings. The predicted molar refractivity (Wildman–Crippen MR) is 99.5 cm³/mol. The fraction of sp³-hybridized carbons (Fsp3) is 0.105. The number of benzene rings is 2. The number of nitrogens with zero attached hydrogens (tertiary/aromatic N) is 1. The minimum Gasteiger partial charge on any atom is -0.494 e. The molecule has 7 heteroatoms. The van der Waals surface area contributed by atoms with E-state index >= 15 is 0 Å². The number of rotatable bonds is 5. The normalized spacial score (nSPS) is 15.6. The number of carbonyl (C=O) groups excluding carboxylic acids is 2. The first-order valence-electron chi connectivity index (χ1n) is 7.84.